The van der Waals surface area contributed by atoms with Gasteiger partial charge in [0.25, 0.3) is 0 Å². The van der Waals surface area contributed by atoms with E-state index in [0.29, 0.717) is 0 Å². The van der Waals surface area contributed by atoms with Gasteiger partial charge < -0.3 is 4.84 Å². The van der Waals surface area contributed by atoms with Crippen molar-refractivity contribution in [2.45, 2.75) is 19.3 Å². The van der Waals surface area contributed by atoms with Crippen LogP contribution in [0.2, 0.25) is 5.28 Å². The lowest BCUT2D eigenvalue weighted by molar-refractivity contribution is 0.212. The molecule has 0 amide bonds. The molecule has 14 heavy (non-hydrogen) atoms. The molecule has 0 unspecified atom stereocenters. The van der Waals surface area contributed by atoms with Gasteiger partial charge >= 0.3 is 0 Å². The maximum absolute atomic E-state index is 5.72. The van der Waals surface area contributed by atoms with Crippen LogP contribution in [-0.2, 0) is 11.3 Å². The van der Waals surface area contributed by atoms with Crippen molar-refractivity contribution in [3.63, 3.8) is 0 Å². The molecule has 0 fully saturated rings. The van der Waals surface area contributed by atoms with Crippen molar-refractivity contribution in [1.29, 1.82) is 0 Å². The summed E-state index contributed by atoms with van der Waals surface area (Å²) in [5.41, 5.74) is 2.78. The van der Waals surface area contributed by atoms with Gasteiger partial charge in [0.1, 0.15) is 12.8 Å². The Hall–Kier alpha value is -1.16. The molecule has 4 nitrogen and oxygen atoms in total. The van der Waals surface area contributed by atoms with E-state index in [2.05, 4.69) is 15.1 Å². The predicted molar refractivity (Wildman–Crippen MR) is 53.5 cm³/mol. The van der Waals surface area contributed by atoms with E-state index in [9.17, 15) is 0 Å². The van der Waals surface area contributed by atoms with Crippen LogP contribution in [0, 0.1) is 0 Å². The van der Waals surface area contributed by atoms with Crippen LogP contribution in [0.15, 0.2) is 11.4 Å². The van der Waals surface area contributed by atoms with E-state index >= 15 is 0 Å². The summed E-state index contributed by atoms with van der Waals surface area (Å²) in [7, 11) is 1.53. The number of hydrogen-bond acceptors (Lipinski definition) is 4. The lowest BCUT2D eigenvalue weighted by Crippen LogP contribution is -2.15. The fourth-order valence-corrected chi connectivity index (χ4v) is 1.72. The van der Waals surface area contributed by atoms with Crippen molar-refractivity contribution < 1.29 is 4.84 Å². The highest BCUT2D eigenvalue weighted by Crippen LogP contribution is 2.20. The standard InChI is InChI=1S/C9H10ClN3O/c1-14-13-7-4-2-3-6-5-11-9(10)12-8(6)7/h5H,2-4H2,1H3. The zero-order valence-electron chi connectivity index (χ0n) is 7.83. The maximum Gasteiger partial charge on any atom is 0.222 e. The molecule has 0 saturated heterocycles. The smallest absolute Gasteiger partial charge is 0.222 e. The SMILES string of the molecule is CON=C1CCCc2cnc(Cl)nc21. The zero-order valence-corrected chi connectivity index (χ0v) is 8.58. The molecule has 0 saturated carbocycles. The molecule has 5 heteroatoms. The Morgan fingerprint density at radius 3 is 3.14 bits per heavy atom. The van der Waals surface area contributed by atoms with Gasteiger partial charge in [-0.25, -0.2) is 9.97 Å². The molecule has 1 heterocycles. The van der Waals surface area contributed by atoms with Crippen LogP contribution in [0.1, 0.15) is 24.1 Å². The summed E-state index contributed by atoms with van der Waals surface area (Å²) in [6, 6.07) is 0. The fourth-order valence-electron chi connectivity index (χ4n) is 1.58. The molecular weight excluding hydrogens is 202 g/mol. The first kappa shape index (κ1) is 9.40. The Morgan fingerprint density at radius 1 is 1.50 bits per heavy atom. The van der Waals surface area contributed by atoms with Crippen LogP contribution in [-0.4, -0.2) is 22.8 Å². The molecule has 0 spiro atoms. The predicted octanol–water partition coefficient (Wildman–Crippen LogP) is 1.82. The molecule has 0 N–H and O–H groups in total. The Labute approximate surface area is 87.0 Å². The van der Waals surface area contributed by atoms with Crippen molar-refractivity contribution in [3.8, 4) is 0 Å². The molecule has 1 aliphatic rings. The van der Waals surface area contributed by atoms with Gasteiger partial charge in [-0.1, -0.05) is 5.16 Å². The highest BCUT2D eigenvalue weighted by Gasteiger charge is 2.18. The molecule has 0 radical (unpaired) electrons. The van der Waals surface area contributed by atoms with Crippen LogP contribution in [0.25, 0.3) is 0 Å². The number of halogens is 1. The first-order chi connectivity index (χ1) is 6.81. The van der Waals surface area contributed by atoms with Crippen molar-refractivity contribution in [2.24, 2.45) is 5.16 Å². The third-order valence-corrected chi connectivity index (χ3v) is 2.35. The van der Waals surface area contributed by atoms with Crippen molar-refractivity contribution >= 4 is 17.3 Å². The van der Waals surface area contributed by atoms with E-state index in [0.717, 1.165) is 36.2 Å². The Balaban J connectivity index is 2.47. The van der Waals surface area contributed by atoms with E-state index in [4.69, 9.17) is 16.4 Å². The number of nitrogens with zero attached hydrogens (tertiary/aromatic N) is 3. The normalized spacial score (nSPS) is 18.0. The van der Waals surface area contributed by atoms with Gasteiger partial charge in [-0.3, -0.25) is 0 Å². The van der Waals surface area contributed by atoms with Crippen molar-refractivity contribution in [2.75, 3.05) is 7.11 Å². The molecular formula is C9H10ClN3O. The van der Waals surface area contributed by atoms with E-state index in [1.54, 1.807) is 6.20 Å². The summed E-state index contributed by atoms with van der Waals surface area (Å²) in [5.74, 6) is 0. The van der Waals surface area contributed by atoms with Gasteiger partial charge in [-0.2, -0.15) is 0 Å². The minimum Gasteiger partial charge on any atom is -0.399 e. The molecule has 0 atom stereocenters. The average molecular weight is 212 g/mol. The fraction of sp³-hybridized carbons (Fsp3) is 0.444. The Bertz CT molecular complexity index is 378. The summed E-state index contributed by atoms with van der Waals surface area (Å²) in [6.45, 7) is 0. The molecule has 2 rings (SSSR count). The van der Waals surface area contributed by atoms with Gasteiger partial charge in [0.15, 0.2) is 0 Å². The molecule has 1 aromatic heterocycles. The van der Waals surface area contributed by atoms with E-state index in [-0.39, 0.29) is 5.28 Å². The molecule has 74 valence electrons. The van der Waals surface area contributed by atoms with Gasteiger partial charge in [0, 0.05) is 6.20 Å². The summed E-state index contributed by atoms with van der Waals surface area (Å²) in [5, 5.41) is 4.19. The van der Waals surface area contributed by atoms with Crippen LogP contribution in [0.3, 0.4) is 0 Å². The minimum absolute atomic E-state index is 0.259. The topological polar surface area (TPSA) is 47.4 Å². The lowest BCUT2D eigenvalue weighted by atomic mass is 9.96. The third kappa shape index (κ3) is 1.70. The number of hydrogen-bond donors (Lipinski definition) is 0. The monoisotopic (exact) mass is 211 g/mol. The number of fused-ring (bicyclic) bond motifs is 1. The Kier molecular flexibility index (Phi) is 2.63. The summed E-state index contributed by atoms with van der Waals surface area (Å²) in [4.78, 5) is 12.9. The van der Waals surface area contributed by atoms with Gasteiger partial charge in [0.2, 0.25) is 5.28 Å². The average Bonchev–Trinajstić information content (AvgIpc) is 2.19. The van der Waals surface area contributed by atoms with Crippen LogP contribution >= 0.6 is 11.6 Å². The van der Waals surface area contributed by atoms with E-state index in [1.807, 2.05) is 0 Å². The first-order valence-electron chi connectivity index (χ1n) is 4.43. The highest BCUT2D eigenvalue weighted by molar-refractivity contribution is 6.28. The summed E-state index contributed by atoms with van der Waals surface area (Å²) < 4.78 is 0. The quantitative estimate of drug-likeness (QED) is 0.526. The third-order valence-electron chi connectivity index (χ3n) is 2.17. The molecule has 1 aliphatic carbocycles. The van der Waals surface area contributed by atoms with Gasteiger partial charge in [0.05, 0.1) is 5.69 Å². The number of rotatable bonds is 1. The number of oxime groups is 1. The largest absolute Gasteiger partial charge is 0.399 e. The molecule has 0 aromatic carbocycles. The first-order valence-corrected chi connectivity index (χ1v) is 4.81. The van der Waals surface area contributed by atoms with Crippen molar-refractivity contribution in [1.82, 2.24) is 9.97 Å². The second-order valence-corrected chi connectivity index (χ2v) is 3.43. The summed E-state index contributed by atoms with van der Waals surface area (Å²) >= 11 is 5.72. The summed E-state index contributed by atoms with van der Waals surface area (Å²) in [6.07, 6.45) is 4.68. The molecule has 1 aromatic rings. The van der Waals surface area contributed by atoms with Crippen LogP contribution < -0.4 is 0 Å². The number of aryl methyl sites for hydroxylation is 1. The maximum atomic E-state index is 5.72. The van der Waals surface area contributed by atoms with Crippen LogP contribution in [0.5, 0.6) is 0 Å². The second kappa shape index (κ2) is 3.92. The Morgan fingerprint density at radius 2 is 2.36 bits per heavy atom. The van der Waals surface area contributed by atoms with Crippen molar-refractivity contribution in [3.05, 3.63) is 22.7 Å². The molecule has 0 aliphatic heterocycles. The lowest BCUT2D eigenvalue weighted by Gasteiger charge is -2.15. The minimum atomic E-state index is 0.259. The van der Waals surface area contributed by atoms with E-state index in [1.165, 1.54) is 7.11 Å². The number of aromatic nitrogens is 2. The molecule has 0 bridgehead atoms. The zero-order chi connectivity index (χ0) is 9.97. The second-order valence-electron chi connectivity index (χ2n) is 3.09. The van der Waals surface area contributed by atoms with E-state index < -0.39 is 0 Å². The van der Waals surface area contributed by atoms with Crippen LogP contribution in [0.4, 0.5) is 0 Å². The van der Waals surface area contributed by atoms with Gasteiger partial charge in [-0.05, 0) is 36.4 Å². The highest BCUT2D eigenvalue weighted by atomic mass is 35.5. The van der Waals surface area contributed by atoms with Gasteiger partial charge in [-0.15, -0.1) is 0 Å².